The van der Waals surface area contributed by atoms with E-state index in [4.69, 9.17) is 4.74 Å². The molecule has 10 heteroatoms. The lowest BCUT2D eigenvalue weighted by atomic mass is 10.1. The topological polar surface area (TPSA) is 105 Å². The number of rotatable bonds is 10. The summed E-state index contributed by atoms with van der Waals surface area (Å²) in [6.45, 7) is 0.513. The van der Waals surface area contributed by atoms with Gasteiger partial charge in [-0.05, 0) is 46.6 Å². The van der Waals surface area contributed by atoms with Crippen LogP contribution in [-0.4, -0.2) is 53.3 Å². The van der Waals surface area contributed by atoms with Crippen molar-refractivity contribution in [2.45, 2.75) is 6.42 Å². The van der Waals surface area contributed by atoms with Crippen LogP contribution in [-0.2, 0) is 19.6 Å². The lowest BCUT2D eigenvalue weighted by molar-refractivity contribution is -0.114. The minimum absolute atomic E-state index is 0.287. The third-order valence-electron chi connectivity index (χ3n) is 4.07. The zero-order valence-corrected chi connectivity index (χ0v) is 19.1. The van der Waals surface area contributed by atoms with Crippen LogP contribution < -0.4 is 14.9 Å². The molecule has 0 atom stereocenters. The third kappa shape index (κ3) is 6.82. The summed E-state index contributed by atoms with van der Waals surface area (Å²) < 4.78 is 31.0. The maximum Gasteiger partial charge on any atom is 0.253 e. The van der Waals surface area contributed by atoms with E-state index in [0.717, 1.165) is 10.6 Å². The zero-order valence-electron chi connectivity index (χ0n) is 16.7. The van der Waals surface area contributed by atoms with Crippen molar-refractivity contribution in [1.29, 1.82) is 0 Å². The summed E-state index contributed by atoms with van der Waals surface area (Å²) in [5, 5.41) is 5.40. The average Bonchev–Trinajstić information content (AvgIpc) is 2.69. The van der Waals surface area contributed by atoms with Crippen LogP contribution >= 0.6 is 15.9 Å². The molecule has 0 saturated heterocycles. The van der Waals surface area contributed by atoms with Crippen LogP contribution in [0.1, 0.15) is 16.8 Å². The number of amides is 2. The summed E-state index contributed by atoms with van der Waals surface area (Å²) in [7, 11) is -2.14. The van der Waals surface area contributed by atoms with Gasteiger partial charge in [0.1, 0.15) is 6.54 Å². The molecule has 0 spiro atoms. The number of nitrogens with zero attached hydrogens (tertiary/aromatic N) is 1. The first kappa shape index (κ1) is 23.8. The predicted molar refractivity (Wildman–Crippen MR) is 120 cm³/mol. The van der Waals surface area contributed by atoms with Gasteiger partial charge in [-0.2, -0.15) is 0 Å². The average molecular weight is 498 g/mol. The van der Waals surface area contributed by atoms with E-state index in [-0.39, 0.29) is 11.5 Å². The smallest absolute Gasteiger partial charge is 0.253 e. The van der Waals surface area contributed by atoms with E-state index < -0.39 is 22.5 Å². The summed E-state index contributed by atoms with van der Waals surface area (Å²) in [4.78, 5) is 25.1. The number of nitrogens with one attached hydrogen (secondary N) is 2. The minimum atomic E-state index is -3.72. The van der Waals surface area contributed by atoms with Crippen molar-refractivity contribution in [2.75, 3.05) is 42.7 Å². The number of methoxy groups -OCH3 is 1. The van der Waals surface area contributed by atoms with Crippen LogP contribution in [0.2, 0.25) is 0 Å². The van der Waals surface area contributed by atoms with Gasteiger partial charge in [0.25, 0.3) is 5.91 Å². The molecule has 30 heavy (non-hydrogen) atoms. The number of benzene rings is 2. The van der Waals surface area contributed by atoms with Gasteiger partial charge in [-0.1, -0.05) is 24.3 Å². The number of sulfonamides is 1. The van der Waals surface area contributed by atoms with Crippen LogP contribution in [0, 0.1) is 0 Å². The van der Waals surface area contributed by atoms with Gasteiger partial charge in [0.05, 0.1) is 23.2 Å². The van der Waals surface area contributed by atoms with Gasteiger partial charge in [0.2, 0.25) is 15.9 Å². The van der Waals surface area contributed by atoms with Crippen LogP contribution in [0.15, 0.2) is 53.0 Å². The molecular formula is C20H24BrN3O5S. The molecule has 2 aromatic carbocycles. The monoisotopic (exact) mass is 497 g/mol. The fourth-order valence-electron chi connectivity index (χ4n) is 2.66. The van der Waals surface area contributed by atoms with Crippen LogP contribution in [0.25, 0.3) is 0 Å². The molecule has 0 aliphatic rings. The number of hydrogen-bond acceptors (Lipinski definition) is 5. The largest absolute Gasteiger partial charge is 0.385 e. The molecule has 2 aromatic rings. The molecule has 0 radical (unpaired) electrons. The van der Waals surface area contributed by atoms with Crippen molar-refractivity contribution < 1.29 is 22.7 Å². The first-order valence-corrected chi connectivity index (χ1v) is 11.8. The van der Waals surface area contributed by atoms with Crippen molar-refractivity contribution >= 4 is 49.1 Å². The second-order valence-corrected chi connectivity index (χ2v) is 9.18. The van der Waals surface area contributed by atoms with E-state index in [0.29, 0.717) is 35.4 Å². The summed E-state index contributed by atoms with van der Waals surface area (Å²) in [5.41, 5.74) is 0.932. The van der Waals surface area contributed by atoms with Gasteiger partial charge >= 0.3 is 0 Å². The highest BCUT2D eigenvalue weighted by molar-refractivity contribution is 9.10. The van der Waals surface area contributed by atoms with Crippen molar-refractivity contribution in [1.82, 2.24) is 5.32 Å². The highest BCUT2D eigenvalue weighted by Gasteiger charge is 2.23. The van der Waals surface area contributed by atoms with Crippen LogP contribution in [0.3, 0.4) is 0 Å². The zero-order chi connectivity index (χ0) is 22.1. The normalized spacial score (nSPS) is 11.0. The van der Waals surface area contributed by atoms with Gasteiger partial charge in [0.15, 0.2) is 0 Å². The van der Waals surface area contributed by atoms with Crippen molar-refractivity contribution in [2.24, 2.45) is 0 Å². The summed E-state index contributed by atoms with van der Waals surface area (Å²) in [6.07, 6.45) is 1.69. The Kier molecular flexibility index (Phi) is 8.82. The van der Waals surface area contributed by atoms with E-state index in [1.807, 2.05) is 0 Å². The summed E-state index contributed by atoms with van der Waals surface area (Å²) >= 11 is 3.31. The molecule has 8 nitrogen and oxygen atoms in total. The second-order valence-electron chi connectivity index (χ2n) is 6.42. The molecule has 0 aliphatic carbocycles. The molecule has 0 unspecified atom stereocenters. The van der Waals surface area contributed by atoms with Gasteiger partial charge in [-0.15, -0.1) is 0 Å². The summed E-state index contributed by atoms with van der Waals surface area (Å²) in [6, 6.07) is 13.3. The Morgan fingerprint density at radius 3 is 2.43 bits per heavy atom. The number of carbonyl (C=O) groups excluding carboxylic acids is 2. The fraction of sp³-hybridized carbons (Fsp3) is 0.300. The number of carbonyl (C=O) groups is 2. The molecule has 0 heterocycles. The van der Waals surface area contributed by atoms with Gasteiger partial charge in [0, 0.05) is 24.7 Å². The van der Waals surface area contributed by atoms with Gasteiger partial charge in [-0.25, -0.2) is 8.42 Å². The van der Waals surface area contributed by atoms with Gasteiger partial charge < -0.3 is 15.4 Å². The second kappa shape index (κ2) is 11.1. The Morgan fingerprint density at radius 1 is 1.10 bits per heavy atom. The van der Waals surface area contributed by atoms with E-state index in [2.05, 4.69) is 26.6 Å². The highest BCUT2D eigenvalue weighted by Crippen LogP contribution is 2.27. The molecule has 162 valence electrons. The van der Waals surface area contributed by atoms with Crippen LogP contribution in [0.5, 0.6) is 0 Å². The number of halogens is 1. The highest BCUT2D eigenvalue weighted by atomic mass is 79.9. The van der Waals surface area contributed by atoms with Crippen LogP contribution in [0.4, 0.5) is 11.4 Å². The minimum Gasteiger partial charge on any atom is -0.385 e. The first-order chi connectivity index (χ1) is 14.2. The summed E-state index contributed by atoms with van der Waals surface area (Å²) in [5.74, 6) is -0.913. The molecule has 2 rings (SSSR count). The Morgan fingerprint density at radius 2 is 1.77 bits per heavy atom. The van der Waals surface area contributed by atoms with E-state index in [9.17, 15) is 18.0 Å². The van der Waals surface area contributed by atoms with E-state index in [1.165, 1.54) is 0 Å². The first-order valence-electron chi connectivity index (χ1n) is 9.12. The maximum absolute atomic E-state index is 12.6. The maximum atomic E-state index is 12.6. The van der Waals surface area contributed by atoms with Crippen molar-refractivity contribution in [3.8, 4) is 0 Å². The van der Waals surface area contributed by atoms with E-state index in [1.54, 1.807) is 55.6 Å². The SMILES string of the molecule is COCCCNC(=O)c1ccccc1NC(=O)CN(c1ccccc1Br)S(C)(=O)=O. The fourth-order valence-corrected chi connectivity index (χ4v) is 4.14. The number of anilines is 2. The lowest BCUT2D eigenvalue weighted by Gasteiger charge is -2.23. The Balaban J connectivity index is 2.15. The molecule has 0 saturated carbocycles. The Hall–Kier alpha value is -2.43. The molecule has 0 aliphatic heterocycles. The lowest BCUT2D eigenvalue weighted by Crippen LogP contribution is -2.38. The standard InChI is InChI=1S/C20H24BrN3O5S/c1-29-13-7-12-22-20(26)15-8-3-5-10-17(15)23-19(25)14-24(30(2,27)28)18-11-6-4-9-16(18)21/h3-6,8-11H,7,12-14H2,1-2H3,(H,22,26)(H,23,25). The Bertz CT molecular complexity index is 997. The Labute approximate surface area is 184 Å². The number of para-hydroxylation sites is 2. The molecular weight excluding hydrogens is 474 g/mol. The quantitative estimate of drug-likeness (QED) is 0.490. The number of hydrogen-bond donors (Lipinski definition) is 2. The molecule has 2 N–H and O–H groups in total. The van der Waals surface area contributed by atoms with Crippen molar-refractivity contribution in [3.05, 3.63) is 58.6 Å². The van der Waals surface area contributed by atoms with Crippen molar-refractivity contribution in [3.63, 3.8) is 0 Å². The molecule has 0 bridgehead atoms. The van der Waals surface area contributed by atoms with Gasteiger partial charge in [-0.3, -0.25) is 13.9 Å². The predicted octanol–water partition coefficient (Wildman–Crippen LogP) is 2.62. The number of ether oxygens (including phenoxy) is 1. The third-order valence-corrected chi connectivity index (χ3v) is 5.86. The molecule has 2 amide bonds. The molecule has 0 aromatic heterocycles. The van der Waals surface area contributed by atoms with E-state index >= 15 is 0 Å². The molecule has 0 fully saturated rings.